The van der Waals surface area contributed by atoms with E-state index >= 15 is 0 Å². The molecule has 0 aliphatic heterocycles. The summed E-state index contributed by atoms with van der Waals surface area (Å²) in [6.45, 7) is 0. The van der Waals surface area contributed by atoms with Gasteiger partial charge < -0.3 is 17.2 Å². The van der Waals surface area contributed by atoms with Crippen molar-refractivity contribution in [2.75, 3.05) is 0 Å². The van der Waals surface area contributed by atoms with Crippen LogP contribution < -0.4 is 17.2 Å². The molecular weight excluding hydrogens is 339 g/mol. The van der Waals surface area contributed by atoms with E-state index in [0.29, 0.717) is 3.57 Å². The van der Waals surface area contributed by atoms with E-state index in [4.69, 9.17) is 17.2 Å². The Morgan fingerprint density at radius 1 is 1.35 bits per heavy atom. The van der Waals surface area contributed by atoms with E-state index in [1.165, 1.54) is 6.07 Å². The molecule has 0 spiro atoms. The first kappa shape index (κ1) is 13.2. The Balaban J connectivity index is 3.31. The molecule has 9 heteroatoms. The molecule has 0 atom stereocenters. The molecule has 1 rings (SSSR count). The Hall–Kier alpha value is -1.91. The van der Waals surface area contributed by atoms with E-state index in [9.17, 15) is 10.1 Å². The number of nitro benzene ring substituents is 1. The Kier molecular flexibility index (Phi) is 4.20. The average Bonchev–Trinajstić information content (AvgIpc) is 2.19. The lowest BCUT2D eigenvalue weighted by molar-refractivity contribution is -0.384. The number of para-hydroxylation sites is 1. The van der Waals surface area contributed by atoms with E-state index in [2.05, 4.69) is 9.98 Å². The number of nitrogens with two attached hydrogens (primary N) is 3. The van der Waals surface area contributed by atoms with Gasteiger partial charge in [0, 0.05) is 9.64 Å². The van der Waals surface area contributed by atoms with Crippen LogP contribution in [0, 0.1) is 13.7 Å². The first-order valence-corrected chi connectivity index (χ1v) is 5.36. The van der Waals surface area contributed by atoms with Crippen molar-refractivity contribution in [3.05, 3.63) is 31.9 Å². The minimum Gasteiger partial charge on any atom is -0.370 e. The first-order chi connectivity index (χ1) is 7.91. The molecule has 0 bridgehead atoms. The van der Waals surface area contributed by atoms with Crippen LogP contribution in [0.1, 0.15) is 0 Å². The average molecular weight is 348 g/mol. The summed E-state index contributed by atoms with van der Waals surface area (Å²) in [6, 6.07) is 4.54. The van der Waals surface area contributed by atoms with Crippen LogP contribution in [-0.2, 0) is 0 Å². The number of nitro groups is 1. The van der Waals surface area contributed by atoms with Gasteiger partial charge in [-0.05, 0) is 28.7 Å². The molecule has 0 aliphatic carbocycles. The van der Waals surface area contributed by atoms with Crippen molar-refractivity contribution >= 4 is 45.9 Å². The number of halogens is 1. The number of hydrogen-bond acceptors (Lipinski definition) is 3. The second-order valence-corrected chi connectivity index (χ2v) is 4.03. The lowest BCUT2D eigenvalue weighted by Gasteiger charge is -2.00. The third-order valence-electron chi connectivity index (χ3n) is 1.63. The highest BCUT2D eigenvalue weighted by molar-refractivity contribution is 14.1. The van der Waals surface area contributed by atoms with Crippen LogP contribution in [0.2, 0.25) is 0 Å². The molecule has 0 saturated heterocycles. The molecule has 0 saturated carbocycles. The van der Waals surface area contributed by atoms with Crippen LogP contribution >= 0.6 is 22.6 Å². The number of benzene rings is 1. The SMILES string of the molecule is NC(N)=NC(N)=Nc1c(I)cccc1[N+](=O)[O-]. The molecule has 0 radical (unpaired) electrons. The molecule has 90 valence electrons. The predicted molar refractivity (Wildman–Crippen MR) is 72.9 cm³/mol. The summed E-state index contributed by atoms with van der Waals surface area (Å²) < 4.78 is 0.575. The molecule has 6 N–H and O–H groups in total. The van der Waals surface area contributed by atoms with Gasteiger partial charge in [-0.25, -0.2) is 4.99 Å². The number of rotatable bonds is 2. The molecule has 1 aromatic rings. The second kappa shape index (κ2) is 5.43. The van der Waals surface area contributed by atoms with Crippen molar-refractivity contribution in [3.8, 4) is 0 Å². The smallest absolute Gasteiger partial charge is 0.296 e. The molecule has 1 aromatic carbocycles. The number of hydrogen-bond donors (Lipinski definition) is 3. The normalized spacial score (nSPS) is 11.0. The molecule has 17 heavy (non-hydrogen) atoms. The summed E-state index contributed by atoms with van der Waals surface area (Å²) >= 11 is 1.91. The Bertz CT molecular complexity index is 509. The van der Waals surface area contributed by atoms with E-state index in [-0.39, 0.29) is 23.3 Å². The van der Waals surface area contributed by atoms with Gasteiger partial charge in [0.1, 0.15) is 0 Å². The molecular formula is C8H9IN6O2. The van der Waals surface area contributed by atoms with E-state index in [1.807, 2.05) is 22.6 Å². The third-order valence-corrected chi connectivity index (χ3v) is 2.50. The van der Waals surface area contributed by atoms with Crippen molar-refractivity contribution in [2.45, 2.75) is 0 Å². The maximum atomic E-state index is 10.8. The topological polar surface area (TPSA) is 146 Å². The molecule has 0 heterocycles. The fourth-order valence-corrected chi connectivity index (χ4v) is 1.64. The summed E-state index contributed by atoms with van der Waals surface area (Å²) in [5.41, 5.74) is 15.6. The molecule has 0 fully saturated rings. The van der Waals surface area contributed by atoms with Gasteiger partial charge in [-0.1, -0.05) is 6.07 Å². The minimum atomic E-state index is -0.552. The maximum absolute atomic E-state index is 10.8. The second-order valence-electron chi connectivity index (χ2n) is 2.87. The van der Waals surface area contributed by atoms with Crippen LogP contribution in [0.4, 0.5) is 11.4 Å². The summed E-state index contributed by atoms with van der Waals surface area (Å²) in [6.07, 6.45) is 0. The van der Waals surface area contributed by atoms with Crippen LogP contribution in [0.25, 0.3) is 0 Å². The molecule has 0 aromatic heterocycles. The molecule has 8 nitrogen and oxygen atoms in total. The van der Waals surface area contributed by atoms with Gasteiger partial charge in [-0.3, -0.25) is 10.1 Å². The highest BCUT2D eigenvalue weighted by Gasteiger charge is 2.15. The fraction of sp³-hybridized carbons (Fsp3) is 0. The quantitative estimate of drug-likeness (QED) is 0.233. The first-order valence-electron chi connectivity index (χ1n) is 4.28. The van der Waals surface area contributed by atoms with Gasteiger partial charge in [0.15, 0.2) is 11.6 Å². The zero-order chi connectivity index (χ0) is 13.0. The van der Waals surface area contributed by atoms with Gasteiger partial charge in [0.25, 0.3) is 5.69 Å². The number of aliphatic imine (C=N–C) groups is 2. The number of guanidine groups is 2. The van der Waals surface area contributed by atoms with Gasteiger partial charge >= 0.3 is 0 Å². The van der Waals surface area contributed by atoms with E-state index in [1.54, 1.807) is 12.1 Å². The Morgan fingerprint density at radius 2 is 2.00 bits per heavy atom. The highest BCUT2D eigenvalue weighted by atomic mass is 127. The molecule has 0 unspecified atom stereocenters. The lowest BCUT2D eigenvalue weighted by Crippen LogP contribution is -2.26. The van der Waals surface area contributed by atoms with Gasteiger partial charge in [-0.2, -0.15) is 4.99 Å². The van der Waals surface area contributed by atoms with Gasteiger partial charge in [0.05, 0.1) is 4.92 Å². The summed E-state index contributed by atoms with van der Waals surface area (Å²) in [4.78, 5) is 17.5. The van der Waals surface area contributed by atoms with E-state index in [0.717, 1.165) is 0 Å². The zero-order valence-corrected chi connectivity index (χ0v) is 10.7. The van der Waals surface area contributed by atoms with Crippen LogP contribution in [0.5, 0.6) is 0 Å². The zero-order valence-electron chi connectivity index (χ0n) is 8.50. The van der Waals surface area contributed by atoms with Gasteiger partial charge in [-0.15, -0.1) is 0 Å². The predicted octanol–water partition coefficient (Wildman–Crippen LogP) is 0.419. The minimum absolute atomic E-state index is 0.126. The Morgan fingerprint density at radius 3 is 2.53 bits per heavy atom. The lowest BCUT2D eigenvalue weighted by atomic mass is 10.3. The Labute approximate surface area is 110 Å². The summed E-state index contributed by atoms with van der Waals surface area (Å²) in [7, 11) is 0. The summed E-state index contributed by atoms with van der Waals surface area (Å²) in [5, 5.41) is 10.8. The van der Waals surface area contributed by atoms with Crippen molar-refractivity contribution in [1.29, 1.82) is 0 Å². The van der Waals surface area contributed by atoms with Crippen molar-refractivity contribution < 1.29 is 4.92 Å². The van der Waals surface area contributed by atoms with Crippen LogP contribution in [-0.4, -0.2) is 16.8 Å². The van der Waals surface area contributed by atoms with Crippen molar-refractivity contribution in [3.63, 3.8) is 0 Å². The molecule has 0 amide bonds. The maximum Gasteiger partial charge on any atom is 0.296 e. The van der Waals surface area contributed by atoms with E-state index < -0.39 is 4.92 Å². The highest BCUT2D eigenvalue weighted by Crippen LogP contribution is 2.32. The monoisotopic (exact) mass is 348 g/mol. The fourth-order valence-electron chi connectivity index (χ4n) is 1.03. The largest absolute Gasteiger partial charge is 0.370 e. The van der Waals surface area contributed by atoms with Crippen molar-refractivity contribution in [2.24, 2.45) is 27.2 Å². The van der Waals surface area contributed by atoms with Crippen LogP contribution in [0.3, 0.4) is 0 Å². The molecule has 0 aliphatic rings. The standard InChI is InChI=1S/C8H9IN6O2/c9-4-2-1-3-5(15(16)17)6(4)13-8(12)14-7(10)11/h1-3H,(H6,10,11,12,13,14). The van der Waals surface area contributed by atoms with Crippen molar-refractivity contribution in [1.82, 2.24) is 0 Å². The third kappa shape index (κ3) is 3.55. The van der Waals surface area contributed by atoms with Gasteiger partial charge in [0.2, 0.25) is 5.96 Å². The van der Waals surface area contributed by atoms with Crippen LogP contribution in [0.15, 0.2) is 28.2 Å². The number of nitrogens with zero attached hydrogens (tertiary/aromatic N) is 3. The summed E-state index contributed by atoms with van der Waals surface area (Å²) in [5.74, 6) is -0.503.